The average molecular weight is 424 g/mol. The second kappa shape index (κ2) is 8.62. The number of nitrogens with zero attached hydrogens (tertiary/aromatic N) is 4. The van der Waals surface area contributed by atoms with E-state index in [1.165, 1.54) is 18.0 Å². The number of methoxy groups -OCH3 is 1. The Morgan fingerprint density at radius 2 is 2.10 bits per heavy atom. The molecule has 0 aliphatic heterocycles. The third kappa shape index (κ3) is 4.33. The zero-order valence-corrected chi connectivity index (χ0v) is 17.3. The van der Waals surface area contributed by atoms with E-state index in [1.807, 2.05) is 31.2 Å². The first-order valence-corrected chi connectivity index (χ1v) is 10.4. The van der Waals surface area contributed by atoms with E-state index < -0.39 is 0 Å². The summed E-state index contributed by atoms with van der Waals surface area (Å²) < 4.78 is 5.33. The van der Waals surface area contributed by atoms with Crippen LogP contribution in [0.2, 0.25) is 0 Å². The third-order valence-corrected chi connectivity index (χ3v) is 5.50. The molecule has 1 aliphatic rings. The van der Waals surface area contributed by atoms with Crippen molar-refractivity contribution in [3.8, 4) is 17.1 Å². The van der Waals surface area contributed by atoms with Crippen LogP contribution in [0.1, 0.15) is 29.4 Å². The van der Waals surface area contributed by atoms with E-state index in [1.54, 1.807) is 7.11 Å². The Bertz CT molecular complexity index is 1100. The molecule has 0 fully saturated rings. The van der Waals surface area contributed by atoms with Crippen LogP contribution >= 0.6 is 11.8 Å². The highest BCUT2D eigenvalue weighted by molar-refractivity contribution is 7.99. The second-order valence-corrected chi connectivity index (χ2v) is 7.94. The topological polar surface area (TPSA) is 123 Å². The molecule has 4 rings (SSSR count). The van der Waals surface area contributed by atoms with Crippen molar-refractivity contribution >= 4 is 29.4 Å². The molecule has 30 heavy (non-hydrogen) atoms. The molecule has 3 aromatic rings. The smallest absolute Gasteiger partial charge is 0.237 e. The van der Waals surface area contributed by atoms with Gasteiger partial charge in [0, 0.05) is 12.6 Å². The SMILES string of the molecule is COc1ccccc1-c1nc(SCC(=O)Nc2ncc3c(n2)C[C@@H](C)CC3=O)n[nH]1. The summed E-state index contributed by atoms with van der Waals surface area (Å²) in [5.41, 5.74) is 2.02. The number of fused-ring (bicyclic) bond motifs is 1. The number of aromatic amines is 1. The number of carbonyl (C=O) groups is 2. The summed E-state index contributed by atoms with van der Waals surface area (Å²) in [6.45, 7) is 2.01. The number of ketones is 1. The zero-order valence-electron chi connectivity index (χ0n) is 16.5. The number of aromatic nitrogens is 5. The number of para-hydroxylation sites is 1. The van der Waals surface area contributed by atoms with E-state index >= 15 is 0 Å². The van der Waals surface area contributed by atoms with Gasteiger partial charge in [0.15, 0.2) is 11.6 Å². The lowest BCUT2D eigenvalue weighted by Gasteiger charge is -2.19. The molecule has 0 saturated carbocycles. The van der Waals surface area contributed by atoms with Gasteiger partial charge < -0.3 is 4.74 Å². The number of anilines is 1. The van der Waals surface area contributed by atoms with Crippen molar-refractivity contribution in [1.82, 2.24) is 25.1 Å². The van der Waals surface area contributed by atoms with Crippen molar-refractivity contribution < 1.29 is 14.3 Å². The molecule has 10 heteroatoms. The quantitative estimate of drug-likeness (QED) is 0.579. The molecule has 1 amide bonds. The minimum Gasteiger partial charge on any atom is -0.496 e. The summed E-state index contributed by atoms with van der Waals surface area (Å²) in [6, 6.07) is 7.47. The van der Waals surface area contributed by atoms with Crippen LogP contribution in [-0.2, 0) is 11.2 Å². The molecule has 1 aromatic carbocycles. The van der Waals surface area contributed by atoms with Crippen molar-refractivity contribution in [1.29, 1.82) is 0 Å². The lowest BCUT2D eigenvalue weighted by molar-refractivity contribution is -0.113. The van der Waals surface area contributed by atoms with Crippen molar-refractivity contribution in [3.05, 3.63) is 41.7 Å². The monoisotopic (exact) mass is 424 g/mol. The molecule has 0 spiro atoms. The van der Waals surface area contributed by atoms with Gasteiger partial charge in [-0.25, -0.2) is 15.0 Å². The van der Waals surface area contributed by atoms with Crippen LogP contribution in [0.4, 0.5) is 5.95 Å². The van der Waals surface area contributed by atoms with Crippen LogP contribution < -0.4 is 10.1 Å². The number of thioether (sulfide) groups is 1. The van der Waals surface area contributed by atoms with E-state index in [-0.39, 0.29) is 29.3 Å². The van der Waals surface area contributed by atoms with Crippen molar-refractivity contribution in [3.63, 3.8) is 0 Å². The van der Waals surface area contributed by atoms with Crippen LogP contribution in [-0.4, -0.2) is 49.7 Å². The minimum absolute atomic E-state index is 0.0487. The Labute approximate surface area is 177 Å². The standard InChI is InChI=1S/C20H20N6O3S/c1-11-7-14-13(15(27)8-11)9-21-19(22-14)23-17(28)10-30-20-24-18(25-26-20)12-5-3-4-6-16(12)29-2/h3-6,9,11H,7-8,10H2,1-2H3,(H,24,25,26)(H,21,22,23,28)/t11-/m1/s1. The predicted molar refractivity (Wildman–Crippen MR) is 112 cm³/mol. The molecule has 9 nitrogen and oxygen atoms in total. The number of benzene rings is 1. The summed E-state index contributed by atoms with van der Waals surface area (Å²) in [7, 11) is 1.59. The maximum Gasteiger partial charge on any atom is 0.237 e. The number of carbonyl (C=O) groups excluding carboxylic acids is 2. The molecule has 2 aromatic heterocycles. The van der Waals surface area contributed by atoms with Gasteiger partial charge in [-0.2, -0.15) is 0 Å². The summed E-state index contributed by atoms with van der Waals surface area (Å²) in [6.07, 6.45) is 2.70. The molecule has 0 saturated heterocycles. The molecule has 2 heterocycles. The number of hydrogen-bond donors (Lipinski definition) is 2. The molecule has 0 bridgehead atoms. The molecule has 1 atom stereocenters. The van der Waals surface area contributed by atoms with Gasteiger partial charge in [-0.1, -0.05) is 30.8 Å². The summed E-state index contributed by atoms with van der Waals surface area (Å²) in [5.74, 6) is 1.55. The lowest BCUT2D eigenvalue weighted by atomic mass is 9.88. The number of amides is 1. The normalized spacial score (nSPS) is 15.5. The third-order valence-electron chi connectivity index (χ3n) is 4.65. The van der Waals surface area contributed by atoms with Crippen LogP contribution in [0.25, 0.3) is 11.4 Å². The number of hydrogen-bond acceptors (Lipinski definition) is 8. The predicted octanol–water partition coefficient (Wildman–Crippen LogP) is 2.77. The summed E-state index contributed by atoms with van der Waals surface area (Å²) in [5, 5.41) is 10.1. The Hall–Kier alpha value is -3.27. The highest BCUT2D eigenvalue weighted by Crippen LogP contribution is 2.28. The fourth-order valence-corrected chi connectivity index (χ4v) is 3.86. The summed E-state index contributed by atoms with van der Waals surface area (Å²) >= 11 is 1.19. The lowest BCUT2D eigenvalue weighted by Crippen LogP contribution is -2.22. The van der Waals surface area contributed by atoms with E-state index in [4.69, 9.17) is 4.74 Å². The second-order valence-electron chi connectivity index (χ2n) is 6.99. The maximum atomic E-state index is 12.3. The van der Waals surface area contributed by atoms with Crippen LogP contribution in [0.5, 0.6) is 5.75 Å². The molecule has 0 radical (unpaired) electrons. The van der Waals surface area contributed by atoms with Gasteiger partial charge >= 0.3 is 0 Å². The highest BCUT2D eigenvalue weighted by Gasteiger charge is 2.24. The van der Waals surface area contributed by atoms with E-state index in [9.17, 15) is 9.59 Å². The first-order chi connectivity index (χ1) is 14.5. The molecular weight excluding hydrogens is 404 g/mol. The zero-order chi connectivity index (χ0) is 21.1. The van der Waals surface area contributed by atoms with Gasteiger partial charge in [0.1, 0.15) is 5.75 Å². The first kappa shape index (κ1) is 20.0. The largest absolute Gasteiger partial charge is 0.496 e. The van der Waals surface area contributed by atoms with E-state index in [0.717, 1.165) is 5.56 Å². The van der Waals surface area contributed by atoms with Crippen molar-refractivity contribution in [2.24, 2.45) is 5.92 Å². The van der Waals surface area contributed by atoms with Gasteiger partial charge in [0.2, 0.25) is 17.0 Å². The highest BCUT2D eigenvalue weighted by atomic mass is 32.2. The fourth-order valence-electron chi connectivity index (χ4n) is 3.26. The Morgan fingerprint density at radius 1 is 1.27 bits per heavy atom. The molecular formula is C20H20N6O3S. The van der Waals surface area contributed by atoms with Gasteiger partial charge in [-0.3, -0.25) is 20.0 Å². The molecule has 154 valence electrons. The van der Waals surface area contributed by atoms with Crippen LogP contribution in [0.15, 0.2) is 35.6 Å². The van der Waals surface area contributed by atoms with E-state index in [2.05, 4.69) is 30.5 Å². The Kier molecular flexibility index (Phi) is 5.75. The average Bonchev–Trinajstić information content (AvgIpc) is 3.20. The fraction of sp³-hybridized carbons (Fsp3) is 0.300. The van der Waals surface area contributed by atoms with Gasteiger partial charge in [-0.15, -0.1) is 5.10 Å². The first-order valence-electron chi connectivity index (χ1n) is 9.41. The number of nitrogens with one attached hydrogen (secondary N) is 2. The van der Waals surface area contributed by atoms with Crippen LogP contribution in [0, 0.1) is 5.92 Å². The maximum absolute atomic E-state index is 12.3. The van der Waals surface area contributed by atoms with Gasteiger partial charge in [0.05, 0.1) is 29.7 Å². The van der Waals surface area contributed by atoms with E-state index in [0.29, 0.717) is 40.8 Å². The Balaban J connectivity index is 1.37. The number of Topliss-reactive ketones (excluding diaryl/α,β-unsaturated/α-hetero) is 1. The number of H-pyrrole nitrogens is 1. The van der Waals surface area contributed by atoms with Crippen molar-refractivity contribution in [2.45, 2.75) is 24.9 Å². The molecule has 1 aliphatic carbocycles. The van der Waals surface area contributed by atoms with Gasteiger partial charge in [-0.05, 0) is 24.5 Å². The molecule has 2 N–H and O–H groups in total. The van der Waals surface area contributed by atoms with Crippen molar-refractivity contribution in [2.75, 3.05) is 18.2 Å². The number of ether oxygens (including phenoxy) is 1. The number of rotatable bonds is 6. The van der Waals surface area contributed by atoms with Crippen LogP contribution in [0.3, 0.4) is 0 Å². The Morgan fingerprint density at radius 3 is 2.93 bits per heavy atom. The molecule has 0 unspecified atom stereocenters. The van der Waals surface area contributed by atoms with Gasteiger partial charge in [0.25, 0.3) is 0 Å². The minimum atomic E-state index is -0.279. The summed E-state index contributed by atoms with van der Waals surface area (Å²) in [4.78, 5) is 37.2.